The second-order valence-corrected chi connectivity index (χ2v) is 7.95. The van der Waals surface area contributed by atoms with E-state index < -0.39 is 0 Å². The molecule has 3 nitrogen and oxygen atoms in total. The average molecular weight is 370 g/mol. The van der Waals surface area contributed by atoms with Gasteiger partial charge in [0.15, 0.2) is 0 Å². The Kier molecular flexibility index (Phi) is 20.3. The van der Waals surface area contributed by atoms with E-state index in [0.717, 1.165) is 13.0 Å². The van der Waals surface area contributed by atoms with Crippen LogP contribution >= 0.6 is 0 Å². The monoisotopic (exact) mass is 369 g/mol. The molecule has 0 radical (unpaired) electrons. The highest BCUT2D eigenvalue weighted by Crippen LogP contribution is 2.13. The molecule has 0 spiro atoms. The van der Waals surface area contributed by atoms with Gasteiger partial charge in [-0.1, -0.05) is 103 Å². The van der Waals surface area contributed by atoms with Crippen molar-refractivity contribution in [1.82, 2.24) is 4.90 Å². The van der Waals surface area contributed by atoms with Crippen molar-refractivity contribution in [3.63, 3.8) is 0 Å². The predicted octanol–water partition coefficient (Wildman–Crippen LogP) is 6.74. The maximum absolute atomic E-state index is 11.4. The fraction of sp³-hybridized carbons (Fsp3) is 0.957. The molecule has 0 unspecified atom stereocenters. The molecule has 26 heavy (non-hydrogen) atoms. The van der Waals surface area contributed by atoms with E-state index in [1.807, 2.05) is 0 Å². The first-order chi connectivity index (χ1) is 12.7. The van der Waals surface area contributed by atoms with Crippen molar-refractivity contribution in [2.75, 3.05) is 27.3 Å². The van der Waals surface area contributed by atoms with E-state index in [9.17, 15) is 4.79 Å². The van der Waals surface area contributed by atoms with Gasteiger partial charge in [-0.3, -0.25) is 4.79 Å². The number of ether oxygens (including phenoxy) is 1. The standard InChI is InChI=1S/C23H47NO2/c1-4-5-6-7-8-9-10-11-12-13-14-15-16-17-18-19-21-26-22-20-23(25)24(2)3/h4-22H2,1-3H3. The minimum absolute atomic E-state index is 0.150. The summed E-state index contributed by atoms with van der Waals surface area (Å²) in [6.07, 6.45) is 22.8. The Balaban J connectivity index is 3.04. The number of rotatable bonds is 20. The van der Waals surface area contributed by atoms with E-state index in [0.29, 0.717) is 13.0 Å². The molecule has 0 rings (SSSR count). The summed E-state index contributed by atoms with van der Waals surface area (Å²) in [5, 5.41) is 0. The van der Waals surface area contributed by atoms with Crippen molar-refractivity contribution >= 4 is 5.91 Å². The molecule has 0 aliphatic rings. The molecule has 0 aromatic heterocycles. The number of carbonyl (C=O) groups is 1. The molecule has 0 fully saturated rings. The highest BCUT2D eigenvalue weighted by atomic mass is 16.5. The molecule has 0 aliphatic carbocycles. The average Bonchev–Trinajstić information content (AvgIpc) is 2.63. The van der Waals surface area contributed by atoms with Crippen LogP contribution in [-0.2, 0) is 9.53 Å². The van der Waals surface area contributed by atoms with Crippen LogP contribution in [0.25, 0.3) is 0 Å². The first-order valence-corrected chi connectivity index (χ1v) is 11.5. The van der Waals surface area contributed by atoms with Crippen LogP contribution in [0.1, 0.15) is 116 Å². The normalized spacial score (nSPS) is 11.0. The van der Waals surface area contributed by atoms with Crippen LogP contribution in [-0.4, -0.2) is 38.1 Å². The zero-order valence-corrected chi connectivity index (χ0v) is 18.2. The SMILES string of the molecule is CCCCCCCCCCCCCCCCCCOCCC(=O)N(C)C. The number of amides is 1. The third kappa shape index (κ3) is 19.8. The Morgan fingerprint density at radius 3 is 1.38 bits per heavy atom. The number of unbranched alkanes of at least 4 members (excludes halogenated alkanes) is 15. The van der Waals surface area contributed by atoms with Crippen molar-refractivity contribution in [1.29, 1.82) is 0 Å². The zero-order chi connectivity index (χ0) is 19.3. The summed E-state index contributed by atoms with van der Waals surface area (Å²) in [7, 11) is 3.58. The summed E-state index contributed by atoms with van der Waals surface area (Å²) in [5.41, 5.74) is 0. The van der Waals surface area contributed by atoms with Gasteiger partial charge in [0.25, 0.3) is 0 Å². The second-order valence-electron chi connectivity index (χ2n) is 7.95. The topological polar surface area (TPSA) is 29.5 Å². The smallest absolute Gasteiger partial charge is 0.224 e. The molecule has 0 saturated carbocycles. The molecule has 0 bridgehead atoms. The van der Waals surface area contributed by atoms with Gasteiger partial charge in [-0.2, -0.15) is 0 Å². The van der Waals surface area contributed by atoms with Crippen molar-refractivity contribution in [2.24, 2.45) is 0 Å². The highest BCUT2D eigenvalue weighted by molar-refractivity contribution is 5.75. The first kappa shape index (κ1) is 25.4. The van der Waals surface area contributed by atoms with Crippen molar-refractivity contribution in [2.45, 2.75) is 116 Å². The van der Waals surface area contributed by atoms with Gasteiger partial charge in [0.05, 0.1) is 13.0 Å². The van der Waals surface area contributed by atoms with Gasteiger partial charge in [0.2, 0.25) is 5.91 Å². The number of carbonyl (C=O) groups excluding carboxylic acids is 1. The van der Waals surface area contributed by atoms with Gasteiger partial charge >= 0.3 is 0 Å². The van der Waals surface area contributed by atoms with E-state index >= 15 is 0 Å². The fourth-order valence-corrected chi connectivity index (χ4v) is 3.24. The zero-order valence-electron chi connectivity index (χ0n) is 18.2. The lowest BCUT2D eigenvalue weighted by atomic mass is 10.0. The highest BCUT2D eigenvalue weighted by Gasteiger charge is 2.02. The Bertz CT molecular complexity index is 292. The predicted molar refractivity (Wildman–Crippen MR) is 114 cm³/mol. The molecule has 1 amide bonds. The van der Waals surface area contributed by atoms with Crippen LogP contribution < -0.4 is 0 Å². The third-order valence-corrected chi connectivity index (χ3v) is 5.10. The van der Waals surface area contributed by atoms with Gasteiger partial charge in [-0.05, 0) is 6.42 Å². The fourth-order valence-electron chi connectivity index (χ4n) is 3.24. The van der Waals surface area contributed by atoms with Crippen LogP contribution in [0.5, 0.6) is 0 Å². The van der Waals surface area contributed by atoms with Crippen molar-refractivity contribution < 1.29 is 9.53 Å². The van der Waals surface area contributed by atoms with E-state index in [4.69, 9.17) is 4.74 Å². The minimum Gasteiger partial charge on any atom is -0.381 e. The van der Waals surface area contributed by atoms with Gasteiger partial charge in [-0.15, -0.1) is 0 Å². The summed E-state index contributed by atoms with van der Waals surface area (Å²) in [5.74, 6) is 0.150. The number of hydrogen-bond acceptors (Lipinski definition) is 2. The molecule has 0 saturated heterocycles. The molecule has 0 aromatic carbocycles. The molecule has 0 aromatic rings. The summed E-state index contributed by atoms with van der Waals surface area (Å²) in [6, 6.07) is 0. The van der Waals surface area contributed by atoms with Gasteiger partial charge in [0, 0.05) is 20.7 Å². The molecular weight excluding hydrogens is 322 g/mol. The van der Waals surface area contributed by atoms with Gasteiger partial charge in [0.1, 0.15) is 0 Å². The third-order valence-electron chi connectivity index (χ3n) is 5.10. The molecular formula is C23H47NO2. The summed E-state index contributed by atoms with van der Waals surface area (Å²) in [4.78, 5) is 13.0. The van der Waals surface area contributed by atoms with Crippen LogP contribution in [0, 0.1) is 0 Å². The second kappa shape index (κ2) is 20.7. The Hall–Kier alpha value is -0.570. The first-order valence-electron chi connectivity index (χ1n) is 11.5. The quantitative estimate of drug-likeness (QED) is 0.222. The van der Waals surface area contributed by atoms with E-state index in [1.165, 1.54) is 96.3 Å². The van der Waals surface area contributed by atoms with Crippen molar-refractivity contribution in [3.05, 3.63) is 0 Å². The molecule has 0 N–H and O–H groups in total. The Labute approximate surface area is 164 Å². The maximum Gasteiger partial charge on any atom is 0.224 e. The van der Waals surface area contributed by atoms with Gasteiger partial charge < -0.3 is 9.64 Å². The number of nitrogens with zero attached hydrogens (tertiary/aromatic N) is 1. The van der Waals surface area contributed by atoms with Crippen LogP contribution in [0.4, 0.5) is 0 Å². The molecule has 0 heterocycles. The molecule has 0 aliphatic heterocycles. The number of hydrogen-bond donors (Lipinski definition) is 0. The summed E-state index contributed by atoms with van der Waals surface area (Å²) < 4.78 is 5.53. The van der Waals surface area contributed by atoms with E-state index in [2.05, 4.69) is 6.92 Å². The van der Waals surface area contributed by atoms with Crippen LogP contribution in [0.2, 0.25) is 0 Å². The molecule has 0 atom stereocenters. The van der Waals surface area contributed by atoms with E-state index in [-0.39, 0.29) is 5.91 Å². The maximum atomic E-state index is 11.4. The molecule has 3 heteroatoms. The lowest BCUT2D eigenvalue weighted by molar-refractivity contribution is -0.129. The minimum atomic E-state index is 0.150. The van der Waals surface area contributed by atoms with Crippen LogP contribution in [0.3, 0.4) is 0 Å². The van der Waals surface area contributed by atoms with Crippen molar-refractivity contribution in [3.8, 4) is 0 Å². The van der Waals surface area contributed by atoms with Gasteiger partial charge in [-0.25, -0.2) is 0 Å². The summed E-state index contributed by atoms with van der Waals surface area (Å²) >= 11 is 0. The lowest BCUT2D eigenvalue weighted by Gasteiger charge is -2.10. The largest absolute Gasteiger partial charge is 0.381 e. The molecule has 156 valence electrons. The van der Waals surface area contributed by atoms with Crippen LogP contribution in [0.15, 0.2) is 0 Å². The van der Waals surface area contributed by atoms with E-state index in [1.54, 1.807) is 19.0 Å². The Morgan fingerprint density at radius 1 is 0.615 bits per heavy atom. The summed E-state index contributed by atoms with van der Waals surface area (Å²) in [6.45, 7) is 3.65. The lowest BCUT2D eigenvalue weighted by Crippen LogP contribution is -2.22. The Morgan fingerprint density at radius 2 is 1.00 bits per heavy atom.